The summed E-state index contributed by atoms with van der Waals surface area (Å²) in [5.41, 5.74) is 0.824. The third-order valence-electron chi connectivity index (χ3n) is 1.93. The molecule has 0 aliphatic heterocycles. The molecule has 2 N–H and O–H groups in total. The van der Waals surface area contributed by atoms with Gasteiger partial charge in [0.1, 0.15) is 0 Å². The first-order valence-corrected chi connectivity index (χ1v) is 6.26. The molecule has 1 rings (SSSR count). The molecule has 0 fully saturated rings. The van der Waals surface area contributed by atoms with Crippen molar-refractivity contribution in [2.45, 2.75) is 26.3 Å². The Morgan fingerprint density at radius 2 is 1.94 bits per heavy atom. The summed E-state index contributed by atoms with van der Waals surface area (Å²) < 4.78 is 1.05. The number of hydrogen-bond acceptors (Lipinski definition) is 2. The van der Waals surface area contributed by atoms with Crippen LogP contribution in [0.15, 0.2) is 24.3 Å². The number of benzene rings is 1. The third kappa shape index (κ3) is 4.94. The summed E-state index contributed by atoms with van der Waals surface area (Å²) in [6.07, 6.45) is 0. The van der Waals surface area contributed by atoms with Crippen molar-refractivity contribution in [2.24, 2.45) is 0 Å². The lowest BCUT2D eigenvalue weighted by molar-refractivity contribution is -0.115. The summed E-state index contributed by atoms with van der Waals surface area (Å²) in [6, 6.07) is 7.73. The lowest BCUT2D eigenvalue weighted by Gasteiger charge is -2.20. The first-order chi connectivity index (χ1) is 7.38. The van der Waals surface area contributed by atoms with Gasteiger partial charge < -0.3 is 10.6 Å². The minimum absolute atomic E-state index is 0.0148. The highest BCUT2D eigenvalue weighted by Crippen LogP contribution is 2.16. The molecule has 1 amide bonds. The molecule has 0 unspecified atom stereocenters. The van der Waals surface area contributed by atoms with Crippen LogP contribution >= 0.6 is 22.6 Å². The average molecular weight is 332 g/mol. The summed E-state index contributed by atoms with van der Waals surface area (Å²) in [5, 5.41) is 6.02. The van der Waals surface area contributed by atoms with Gasteiger partial charge in [-0.1, -0.05) is 12.1 Å². The monoisotopic (exact) mass is 332 g/mol. The zero-order chi connectivity index (χ0) is 12.2. The van der Waals surface area contributed by atoms with Gasteiger partial charge in [-0.25, -0.2) is 0 Å². The fourth-order valence-electron chi connectivity index (χ4n) is 1.10. The molecule has 0 bridgehead atoms. The molecule has 0 saturated carbocycles. The zero-order valence-electron chi connectivity index (χ0n) is 9.80. The highest BCUT2D eigenvalue weighted by Gasteiger charge is 2.11. The highest BCUT2D eigenvalue weighted by atomic mass is 127. The maximum absolute atomic E-state index is 11.6. The Bertz CT molecular complexity index is 372. The van der Waals surface area contributed by atoms with Crippen molar-refractivity contribution in [2.75, 3.05) is 11.9 Å². The van der Waals surface area contributed by atoms with Crippen molar-refractivity contribution < 1.29 is 4.79 Å². The van der Waals surface area contributed by atoms with Crippen LogP contribution in [0.4, 0.5) is 5.69 Å². The predicted molar refractivity (Wildman–Crippen MR) is 75.5 cm³/mol. The molecule has 0 saturated heterocycles. The second-order valence-corrected chi connectivity index (χ2v) is 5.79. The van der Waals surface area contributed by atoms with Gasteiger partial charge in [-0.15, -0.1) is 0 Å². The van der Waals surface area contributed by atoms with Crippen LogP contribution in [-0.4, -0.2) is 18.0 Å². The number of carbonyl (C=O) groups excluding carboxylic acids is 1. The Morgan fingerprint density at radius 3 is 2.50 bits per heavy atom. The van der Waals surface area contributed by atoms with E-state index >= 15 is 0 Å². The largest absolute Gasteiger partial charge is 0.324 e. The Hall–Kier alpha value is -0.620. The van der Waals surface area contributed by atoms with Crippen LogP contribution in [-0.2, 0) is 4.79 Å². The van der Waals surface area contributed by atoms with Crippen LogP contribution in [0.3, 0.4) is 0 Å². The first-order valence-electron chi connectivity index (χ1n) is 5.18. The zero-order valence-corrected chi connectivity index (χ0v) is 12.0. The maximum atomic E-state index is 11.6. The maximum Gasteiger partial charge on any atom is 0.238 e. The Kier molecular flexibility index (Phi) is 4.73. The summed E-state index contributed by atoms with van der Waals surface area (Å²) in [4.78, 5) is 11.6. The predicted octanol–water partition coefficient (Wildman–Crippen LogP) is 2.62. The Balaban J connectivity index is 2.50. The van der Waals surface area contributed by atoms with Gasteiger partial charge >= 0.3 is 0 Å². The van der Waals surface area contributed by atoms with Gasteiger partial charge in [-0.05, 0) is 55.5 Å². The SMILES string of the molecule is CC(C)(C)NCC(=O)Nc1ccccc1I. The van der Waals surface area contributed by atoms with E-state index in [2.05, 4.69) is 33.2 Å². The first kappa shape index (κ1) is 13.4. The van der Waals surface area contributed by atoms with Crippen LogP contribution in [0.25, 0.3) is 0 Å². The van der Waals surface area contributed by atoms with E-state index in [9.17, 15) is 4.79 Å². The molecule has 1 aromatic carbocycles. The van der Waals surface area contributed by atoms with Gasteiger partial charge in [-0.2, -0.15) is 0 Å². The number of amides is 1. The van der Waals surface area contributed by atoms with Crippen molar-refractivity contribution >= 4 is 34.2 Å². The molecule has 0 aliphatic rings. The Labute approximate surface area is 110 Å². The topological polar surface area (TPSA) is 41.1 Å². The van der Waals surface area contributed by atoms with E-state index in [1.54, 1.807) is 0 Å². The van der Waals surface area contributed by atoms with Crippen molar-refractivity contribution in [3.05, 3.63) is 27.8 Å². The lowest BCUT2D eigenvalue weighted by atomic mass is 10.1. The van der Waals surface area contributed by atoms with Crippen LogP contribution in [0.5, 0.6) is 0 Å². The molecule has 0 spiro atoms. The molecular formula is C12H17IN2O. The van der Waals surface area contributed by atoms with E-state index in [1.807, 2.05) is 45.0 Å². The fraction of sp³-hybridized carbons (Fsp3) is 0.417. The van der Waals surface area contributed by atoms with Crippen LogP contribution in [0.2, 0.25) is 0 Å². The van der Waals surface area contributed by atoms with Crippen LogP contribution < -0.4 is 10.6 Å². The molecule has 1 aromatic rings. The van der Waals surface area contributed by atoms with Crippen molar-refractivity contribution in [1.29, 1.82) is 0 Å². The van der Waals surface area contributed by atoms with Gasteiger partial charge in [-0.3, -0.25) is 4.79 Å². The molecule has 16 heavy (non-hydrogen) atoms. The minimum Gasteiger partial charge on any atom is -0.324 e. The number of rotatable bonds is 3. The molecule has 3 nitrogen and oxygen atoms in total. The van der Waals surface area contributed by atoms with E-state index in [1.165, 1.54) is 0 Å². The summed E-state index contributed by atoms with van der Waals surface area (Å²) in [7, 11) is 0. The van der Waals surface area contributed by atoms with Gasteiger partial charge in [0.15, 0.2) is 0 Å². The standard InChI is InChI=1S/C12H17IN2O/c1-12(2,3)14-8-11(16)15-10-7-5-4-6-9(10)13/h4-7,14H,8H2,1-3H3,(H,15,16). The molecule has 0 radical (unpaired) electrons. The van der Waals surface area contributed by atoms with E-state index in [4.69, 9.17) is 0 Å². The third-order valence-corrected chi connectivity index (χ3v) is 2.87. The van der Waals surface area contributed by atoms with Gasteiger partial charge in [0, 0.05) is 9.11 Å². The molecular weight excluding hydrogens is 315 g/mol. The normalized spacial score (nSPS) is 11.2. The number of anilines is 1. The van der Waals surface area contributed by atoms with Crippen molar-refractivity contribution in [3.63, 3.8) is 0 Å². The quantitative estimate of drug-likeness (QED) is 0.836. The number of hydrogen-bond donors (Lipinski definition) is 2. The summed E-state index contributed by atoms with van der Waals surface area (Å²) >= 11 is 2.20. The van der Waals surface area contributed by atoms with E-state index in [0.717, 1.165) is 9.26 Å². The van der Waals surface area contributed by atoms with Crippen molar-refractivity contribution in [1.82, 2.24) is 5.32 Å². The second kappa shape index (κ2) is 5.63. The minimum atomic E-state index is -0.0405. The van der Waals surface area contributed by atoms with E-state index in [0.29, 0.717) is 6.54 Å². The number of carbonyl (C=O) groups is 1. The Morgan fingerprint density at radius 1 is 1.31 bits per heavy atom. The van der Waals surface area contributed by atoms with Gasteiger partial charge in [0.2, 0.25) is 5.91 Å². The van der Waals surface area contributed by atoms with Crippen LogP contribution in [0.1, 0.15) is 20.8 Å². The molecule has 88 valence electrons. The fourth-order valence-corrected chi connectivity index (χ4v) is 1.62. The number of halogens is 1. The van der Waals surface area contributed by atoms with Crippen molar-refractivity contribution in [3.8, 4) is 0 Å². The molecule has 0 heterocycles. The molecule has 0 aromatic heterocycles. The number of para-hydroxylation sites is 1. The summed E-state index contributed by atoms with van der Waals surface area (Å²) in [6.45, 7) is 6.43. The van der Waals surface area contributed by atoms with Gasteiger partial charge in [0.25, 0.3) is 0 Å². The smallest absolute Gasteiger partial charge is 0.238 e. The average Bonchev–Trinajstić information content (AvgIpc) is 2.18. The molecule has 4 heteroatoms. The van der Waals surface area contributed by atoms with E-state index < -0.39 is 0 Å². The second-order valence-electron chi connectivity index (χ2n) is 4.63. The van der Waals surface area contributed by atoms with Crippen LogP contribution in [0, 0.1) is 3.57 Å². The highest BCUT2D eigenvalue weighted by molar-refractivity contribution is 14.1. The summed E-state index contributed by atoms with van der Waals surface area (Å²) in [5.74, 6) is -0.0148. The number of nitrogens with one attached hydrogen (secondary N) is 2. The molecule has 0 atom stereocenters. The molecule has 0 aliphatic carbocycles. The lowest BCUT2D eigenvalue weighted by Crippen LogP contribution is -2.41. The van der Waals surface area contributed by atoms with E-state index in [-0.39, 0.29) is 11.4 Å². The van der Waals surface area contributed by atoms with Gasteiger partial charge in [0.05, 0.1) is 12.2 Å².